The average Bonchev–Trinajstić information content (AvgIpc) is 3.65. The van der Waals surface area contributed by atoms with E-state index >= 15 is 0 Å². The van der Waals surface area contributed by atoms with E-state index in [0.29, 0.717) is 22.5 Å². The van der Waals surface area contributed by atoms with Crippen LogP contribution in [0.2, 0.25) is 0 Å². The van der Waals surface area contributed by atoms with Crippen LogP contribution in [0.15, 0.2) is 72.8 Å². The number of aromatic hydroxyl groups is 2. The highest BCUT2D eigenvalue weighted by Crippen LogP contribution is 2.43. The van der Waals surface area contributed by atoms with Crippen molar-refractivity contribution in [2.24, 2.45) is 10.8 Å². The summed E-state index contributed by atoms with van der Waals surface area (Å²) in [5.41, 5.74) is 7.35. The number of fused-ring (bicyclic) bond motifs is 2. The Morgan fingerprint density at radius 1 is 0.500 bits per heavy atom. The van der Waals surface area contributed by atoms with Gasteiger partial charge in [-0.3, -0.25) is 0 Å². The van der Waals surface area contributed by atoms with E-state index in [9.17, 15) is 10.2 Å². The maximum Gasteiger partial charge on any atom is 0.146 e. The van der Waals surface area contributed by atoms with Crippen molar-refractivity contribution < 1.29 is 10.2 Å². The summed E-state index contributed by atoms with van der Waals surface area (Å²) in [5.74, 6) is 0.172. The lowest BCUT2D eigenvalue weighted by Gasteiger charge is -2.34. The van der Waals surface area contributed by atoms with Crippen LogP contribution in [0.25, 0.3) is 33.4 Å². The summed E-state index contributed by atoms with van der Waals surface area (Å²) >= 11 is 0. The Morgan fingerprint density at radius 3 is 1.24 bits per heavy atom. The highest BCUT2D eigenvalue weighted by Gasteiger charge is 2.31. The lowest BCUT2D eigenvalue weighted by atomic mass is 9.71. The van der Waals surface area contributed by atoms with E-state index in [4.69, 9.17) is 20.4 Å². The monoisotopic (exact) mass is 672 g/mol. The SMILES string of the molecule is CC(C)(C)CCC(C)(C)c1cc(Cc2cc(C(C)(C)CC(C)(C)C)cc(-n3nc4ccccc4n3)c2O)c(O)c(-n2nc3ccccc3n2)c1. The van der Waals surface area contributed by atoms with Crippen LogP contribution in [-0.2, 0) is 17.3 Å². The number of phenols is 2. The minimum absolute atomic E-state index is 0.0702. The molecule has 0 aliphatic rings. The van der Waals surface area contributed by atoms with E-state index in [0.717, 1.165) is 52.5 Å². The zero-order valence-corrected chi connectivity index (χ0v) is 31.3. The van der Waals surface area contributed by atoms with E-state index in [1.54, 1.807) is 4.80 Å². The molecule has 2 heterocycles. The van der Waals surface area contributed by atoms with Crippen molar-refractivity contribution in [1.82, 2.24) is 30.0 Å². The summed E-state index contributed by atoms with van der Waals surface area (Å²) in [6.07, 6.45) is 3.19. The molecular formula is C42H52N6O2. The summed E-state index contributed by atoms with van der Waals surface area (Å²) in [6, 6.07) is 23.6. The predicted octanol–water partition coefficient (Wildman–Crippen LogP) is 9.97. The second kappa shape index (κ2) is 12.6. The highest BCUT2D eigenvalue weighted by molar-refractivity contribution is 5.75. The van der Waals surface area contributed by atoms with Crippen LogP contribution in [0.3, 0.4) is 0 Å². The number of hydrogen-bond acceptors (Lipinski definition) is 6. The second-order valence-electron chi connectivity index (χ2n) is 17.7. The minimum Gasteiger partial charge on any atom is -0.505 e. The van der Waals surface area contributed by atoms with Gasteiger partial charge < -0.3 is 10.2 Å². The van der Waals surface area contributed by atoms with Crippen LogP contribution in [0.1, 0.15) is 111 Å². The third-order valence-electron chi connectivity index (χ3n) is 9.76. The molecule has 0 saturated carbocycles. The average molecular weight is 673 g/mol. The van der Waals surface area contributed by atoms with Crippen molar-refractivity contribution >= 4 is 22.1 Å². The quantitative estimate of drug-likeness (QED) is 0.159. The lowest BCUT2D eigenvalue weighted by molar-refractivity contribution is 0.284. The molecule has 0 atom stereocenters. The summed E-state index contributed by atoms with van der Waals surface area (Å²) in [4.78, 5) is 3.08. The molecule has 0 saturated heterocycles. The number of hydrogen-bond donors (Lipinski definition) is 2. The molecule has 50 heavy (non-hydrogen) atoms. The smallest absolute Gasteiger partial charge is 0.146 e. The maximum absolute atomic E-state index is 12.0. The van der Waals surface area contributed by atoms with Gasteiger partial charge in [-0.15, -0.1) is 30.0 Å². The normalized spacial score (nSPS) is 13.1. The molecule has 8 nitrogen and oxygen atoms in total. The molecule has 0 aliphatic heterocycles. The van der Waals surface area contributed by atoms with E-state index < -0.39 is 0 Å². The van der Waals surface area contributed by atoms with E-state index in [-0.39, 0.29) is 39.6 Å². The van der Waals surface area contributed by atoms with Crippen molar-refractivity contribution in [2.75, 3.05) is 0 Å². The number of aromatic nitrogens is 6. The number of rotatable bonds is 9. The first-order chi connectivity index (χ1) is 23.3. The zero-order valence-electron chi connectivity index (χ0n) is 31.3. The molecule has 0 fully saturated rings. The summed E-state index contributed by atoms with van der Waals surface area (Å²) in [6.45, 7) is 22.5. The highest BCUT2D eigenvalue weighted by atomic mass is 16.3. The number of benzene rings is 4. The van der Waals surface area contributed by atoms with Crippen LogP contribution in [-0.4, -0.2) is 40.2 Å². The van der Waals surface area contributed by atoms with Gasteiger partial charge in [0.05, 0.1) is 0 Å². The molecule has 0 bridgehead atoms. The van der Waals surface area contributed by atoms with Gasteiger partial charge in [-0.2, -0.15) is 0 Å². The van der Waals surface area contributed by atoms with Crippen molar-refractivity contribution in [1.29, 1.82) is 0 Å². The Balaban J connectivity index is 1.54. The van der Waals surface area contributed by atoms with Crippen molar-refractivity contribution in [3.8, 4) is 22.9 Å². The van der Waals surface area contributed by atoms with Crippen molar-refractivity contribution in [2.45, 2.75) is 106 Å². The van der Waals surface area contributed by atoms with Crippen LogP contribution in [0, 0.1) is 10.8 Å². The van der Waals surface area contributed by atoms with Crippen molar-refractivity contribution in [3.63, 3.8) is 0 Å². The van der Waals surface area contributed by atoms with Gasteiger partial charge in [0.1, 0.15) is 44.9 Å². The van der Waals surface area contributed by atoms with Gasteiger partial charge in [0.2, 0.25) is 0 Å². The Morgan fingerprint density at radius 2 is 0.880 bits per heavy atom. The third kappa shape index (κ3) is 7.40. The number of phenolic OH excluding ortho intramolecular Hbond substituents is 2. The fourth-order valence-electron chi connectivity index (χ4n) is 7.11. The molecule has 0 amide bonds. The molecule has 8 heteroatoms. The second-order valence-corrected chi connectivity index (χ2v) is 17.7. The molecule has 0 radical (unpaired) electrons. The van der Waals surface area contributed by atoms with Gasteiger partial charge in [-0.25, -0.2) is 0 Å². The van der Waals surface area contributed by atoms with Crippen LogP contribution in [0.5, 0.6) is 11.5 Å². The first kappa shape index (κ1) is 35.1. The summed E-state index contributed by atoms with van der Waals surface area (Å²) < 4.78 is 0. The Hall–Kier alpha value is -4.72. The topological polar surface area (TPSA) is 102 Å². The maximum atomic E-state index is 12.0. The molecule has 262 valence electrons. The van der Waals surface area contributed by atoms with Gasteiger partial charge >= 0.3 is 0 Å². The fourth-order valence-corrected chi connectivity index (χ4v) is 7.11. The Kier molecular flexibility index (Phi) is 8.82. The number of nitrogens with zero attached hydrogens (tertiary/aromatic N) is 6. The van der Waals surface area contributed by atoms with Gasteiger partial charge in [-0.1, -0.05) is 106 Å². The Labute approximate surface area is 296 Å². The third-order valence-corrected chi connectivity index (χ3v) is 9.76. The minimum atomic E-state index is -0.231. The molecule has 0 unspecified atom stereocenters. The molecule has 6 aromatic rings. The first-order valence-electron chi connectivity index (χ1n) is 17.7. The Bertz CT molecular complexity index is 2110. The van der Waals surface area contributed by atoms with Gasteiger partial charge in [-0.05, 0) is 88.4 Å². The van der Waals surface area contributed by atoms with Gasteiger partial charge in [0.25, 0.3) is 0 Å². The van der Waals surface area contributed by atoms with Gasteiger partial charge in [0.15, 0.2) is 0 Å². The molecule has 0 aliphatic carbocycles. The van der Waals surface area contributed by atoms with E-state index in [1.807, 2.05) is 60.7 Å². The molecule has 6 rings (SSSR count). The zero-order chi connectivity index (χ0) is 36.2. The molecule has 2 N–H and O–H groups in total. The fraction of sp³-hybridized carbons (Fsp3) is 0.429. The first-order valence-corrected chi connectivity index (χ1v) is 17.7. The molecule has 2 aromatic heterocycles. The van der Waals surface area contributed by atoms with E-state index in [1.165, 1.54) is 4.80 Å². The van der Waals surface area contributed by atoms with Crippen LogP contribution >= 0.6 is 0 Å². The molecule has 0 spiro atoms. The van der Waals surface area contributed by atoms with Crippen LogP contribution in [0.4, 0.5) is 0 Å². The molecular weight excluding hydrogens is 621 g/mol. The van der Waals surface area contributed by atoms with Crippen LogP contribution < -0.4 is 0 Å². The van der Waals surface area contributed by atoms with Gasteiger partial charge in [0, 0.05) is 17.5 Å². The molecule has 4 aromatic carbocycles. The summed E-state index contributed by atoms with van der Waals surface area (Å²) in [5, 5.41) is 43.0. The van der Waals surface area contributed by atoms with Crippen molar-refractivity contribution in [3.05, 3.63) is 95.1 Å². The van der Waals surface area contributed by atoms with E-state index in [2.05, 4.69) is 81.4 Å². The summed E-state index contributed by atoms with van der Waals surface area (Å²) in [7, 11) is 0. The largest absolute Gasteiger partial charge is 0.505 e. The lowest BCUT2D eigenvalue weighted by Crippen LogP contribution is -2.25. The predicted molar refractivity (Wildman–Crippen MR) is 203 cm³/mol. The standard InChI is InChI=1S/C42H52N6O2/c1-39(2,3)19-20-41(7,8)29-22-27(37(49)35(24-29)47-43-31-15-11-12-16-32(31)44-47)21-28-23-30(42(9,10)26-40(4,5)6)25-36(38(28)50)48-45-33-17-13-14-18-34(33)46-48/h11-18,22-25,49-50H,19-21,26H2,1-10H3.